The molecule has 0 aliphatic rings. The number of amides is 1. The Balaban J connectivity index is 1.89. The molecule has 0 bridgehead atoms. The zero-order valence-corrected chi connectivity index (χ0v) is 13.5. The van der Waals surface area contributed by atoms with Crippen molar-refractivity contribution in [2.24, 2.45) is 5.73 Å². The second-order valence-electron chi connectivity index (χ2n) is 5.72. The van der Waals surface area contributed by atoms with Gasteiger partial charge in [-0.1, -0.05) is 60.2 Å². The van der Waals surface area contributed by atoms with Crippen molar-refractivity contribution in [3.05, 3.63) is 89.5 Å². The SMILES string of the molecule is Cc1cccc(-c2ccc(OCc3ccccc3)cc2C(N)=O)c1. The van der Waals surface area contributed by atoms with Gasteiger partial charge >= 0.3 is 0 Å². The standard InChI is InChI=1S/C21H19NO2/c1-15-6-5-9-17(12-15)19-11-10-18(13-20(19)21(22)23)24-14-16-7-3-2-4-8-16/h2-13H,14H2,1H3,(H2,22,23). The number of ether oxygens (including phenoxy) is 1. The molecule has 0 aliphatic heterocycles. The van der Waals surface area contributed by atoms with Crippen LogP contribution in [0.25, 0.3) is 11.1 Å². The number of nitrogens with two attached hydrogens (primary N) is 1. The number of benzene rings is 3. The first-order valence-electron chi connectivity index (χ1n) is 7.81. The first-order chi connectivity index (χ1) is 11.6. The van der Waals surface area contributed by atoms with Crippen LogP contribution in [0.3, 0.4) is 0 Å². The molecule has 3 aromatic carbocycles. The Hall–Kier alpha value is -3.07. The van der Waals surface area contributed by atoms with Crippen LogP contribution in [0.2, 0.25) is 0 Å². The van der Waals surface area contributed by atoms with Gasteiger partial charge in [0.1, 0.15) is 12.4 Å². The molecule has 0 heterocycles. The van der Waals surface area contributed by atoms with Gasteiger partial charge in [0, 0.05) is 0 Å². The zero-order valence-electron chi connectivity index (χ0n) is 13.5. The van der Waals surface area contributed by atoms with E-state index in [1.54, 1.807) is 6.07 Å². The molecule has 3 rings (SSSR count). The van der Waals surface area contributed by atoms with Crippen LogP contribution in [-0.4, -0.2) is 5.91 Å². The van der Waals surface area contributed by atoms with E-state index in [0.29, 0.717) is 17.9 Å². The molecule has 3 nitrogen and oxygen atoms in total. The highest BCUT2D eigenvalue weighted by Gasteiger charge is 2.12. The molecule has 0 saturated heterocycles. The molecule has 0 fully saturated rings. The average Bonchev–Trinajstić information content (AvgIpc) is 2.60. The van der Waals surface area contributed by atoms with Gasteiger partial charge in [0.15, 0.2) is 0 Å². The van der Waals surface area contributed by atoms with E-state index in [0.717, 1.165) is 22.3 Å². The molecule has 2 N–H and O–H groups in total. The van der Waals surface area contributed by atoms with Crippen molar-refractivity contribution >= 4 is 5.91 Å². The van der Waals surface area contributed by atoms with Gasteiger partial charge in [-0.15, -0.1) is 0 Å². The maximum atomic E-state index is 11.9. The summed E-state index contributed by atoms with van der Waals surface area (Å²) in [5, 5.41) is 0. The fraction of sp³-hybridized carbons (Fsp3) is 0.0952. The van der Waals surface area contributed by atoms with E-state index >= 15 is 0 Å². The predicted octanol–water partition coefficient (Wildman–Crippen LogP) is 4.34. The number of hydrogen-bond donors (Lipinski definition) is 1. The first-order valence-corrected chi connectivity index (χ1v) is 7.81. The van der Waals surface area contributed by atoms with Crippen LogP contribution >= 0.6 is 0 Å². The molecular formula is C21H19NO2. The third kappa shape index (κ3) is 3.63. The highest BCUT2D eigenvalue weighted by atomic mass is 16.5. The third-order valence-corrected chi connectivity index (χ3v) is 3.83. The van der Waals surface area contributed by atoms with Crippen LogP contribution in [-0.2, 0) is 6.61 Å². The van der Waals surface area contributed by atoms with E-state index < -0.39 is 5.91 Å². The summed E-state index contributed by atoms with van der Waals surface area (Å²) in [6.45, 7) is 2.47. The van der Waals surface area contributed by atoms with Gasteiger partial charge in [-0.3, -0.25) is 4.79 Å². The molecule has 0 radical (unpaired) electrons. The number of carbonyl (C=O) groups is 1. The van der Waals surface area contributed by atoms with E-state index in [1.807, 2.05) is 73.7 Å². The Morgan fingerprint density at radius 2 is 1.75 bits per heavy atom. The smallest absolute Gasteiger partial charge is 0.249 e. The average molecular weight is 317 g/mol. The summed E-state index contributed by atoms with van der Waals surface area (Å²) in [6.07, 6.45) is 0. The topological polar surface area (TPSA) is 52.3 Å². The van der Waals surface area contributed by atoms with Gasteiger partial charge in [-0.05, 0) is 41.8 Å². The lowest BCUT2D eigenvalue weighted by Crippen LogP contribution is -2.12. The van der Waals surface area contributed by atoms with Crippen LogP contribution in [0.1, 0.15) is 21.5 Å². The van der Waals surface area contributed by atoms with E-state index in [9.17, 15) is 4.79 Å². The van der Waals surface area contributed by atoms with Crippen molar-refractivity contribution in [2.45, 2.75) is 13.5 Å². The lowest BCUT2D eigenvalue weighted by molar-refractivity contribution is 0.100. The van der Waals surface area contributed by atoms with Crippen LogP contribution in [0, 0.1) is 6.92 Å². The maximum absolute atomic E-state index is 11.9. The van der Waals surface area contributed by atoms with Crippen molar-refractivity contribution in [3.63, 3.8) is 0 Å². The van der Waals surface area contributed by atoms with Crippen molar-refractivity contribution in [1.82, 2.24) is 0 Å². The fourth-order valence-electron chi connectivity index (χ4n) is 2.62. The number of carbonyl (C=O) groups excluding carboxylic acids is 1. The van der Waals surface area contributed by atoms with Crippen LogP contribution in [0.5, 0.6) is 5.75 Å². The Morgan fingerprint density at radius 3 is 2.46 bits per heavy atom. The van der Waals surface area contributed by atoms with Gasteiger partial charge in [-0.25, -0.2) is 0 Å². The summed E-state index contributed by atoms with van der Waals surface area (Å²) in [5.41, 5.74) is 10.0. The number of aryl methyl sites for hydroxylation is 1. The van der Waals surface area contributed by atoms with E-state index in [1.165, 1.54) is 0 Å². The second-order valence-corrected chi connectivity index (χ2v) is 5.72. The van der Waals surface area contributed by atoms with Crippen LogP contribution < -0.4 is 10.5 Å². The molecule has 0 unspecified atom stereocenters. The number of hydrogen-bond acceptors (Lipinski definition) is 2. The third-order valence-electron chi connectivity index (χ3n) is 3.83. The Bertz CT molecular complexity index is 857. The van der Waals surface area contributed by atoms with E-state index in [-0.39, 0.29) is 0 Å². The van der Waals surface area contributed by atoms with Gasteiger partial charge in [0.05, 0.1) is 5.56 Å². The van der Waals surface area contributed by atoms with Gasteiger partial charge in [0.25, 0.3) is 0 Å². The Labute approximate surface area is 141 Å². The maximum Gasteiger partial charge on any atom is 0.249 e. The molecule has 1 amide bonds. The molecule has 120 valence electrons. The summed E-state index contributed by atoms with van der Waals surface area (Å²) >= 11 is 0. The van der Waals surface area contributed by atoms with Crippen LogP contribution in [0.15, 0.2) is 72.8 Å². The minimum absolute atomic E-state index is 0.447. The van der Waals surface area contributed by atoms with Gasteiger partial charge in [-0.2, -0.15) is 0 Å². The van der Waals surface area contributed by atoms with Crippen molar-refractivity contribution in [2.75, 3.05) is 0 Å². The summed E-state index contributed by atoms with van der Waals surface area (Å²) in [7, 11) is 0. The minimum Gasteiger partial charge on any atom is -0.489 e. The lowest BCUT2D eigenvalue weighted by atomic mass is 9.97. The highest BCUT2D eigenvalue weighted by molar-refractivity contribution is 6.00. The second kappa shape index (κ2) is 7.01. The molecule has 0 saturated carbocycles. The summed E-state index contributed by atoms with van der Waals surface area (Å²) in [4.78, 5) is 11.9. The lowest BCUT2D eigenvalue weighted by Gasteiger charge is -2.12. The predicted molar refractivity (Wildman–Crippen MR) is 95.9 cm³/mol. The molecule has 0 spiro atoms. The van der Waals surface area contributed by atoms with Gasteiger partial charge in [0.2, 0.25) is 5.91 Å². The van der Waals surface area contributed by atoms with E-state index in [2.05, 4.69) is 0 Å². The molecule has 3 aromatic rings. The monoisotopic (exact) mass is 317 g/mol. The largest absolute Gasteiger partial charge is 0.489 e. The number of rotatable bonds is 5. The van der Waals surface area contributed by atoms with E-state index in [4.69, 9.17) is 10.5 Å². The molecule has 0 aliphatic carbocycles. The first kappa shape index (κ1) is 15.8. The molecule has 0 aromatic heterocycles. The molecule has 0 atom stereocenters. The van der Waals surface area contributed by atoms with Crippen LogP contribution in [0.4, 0.5) is 0 Å². The fourth-order valence-corrected chi connectivity index (χ4v) is 2.62. The highest BCUT2D eigenvalue weighted by Crippen LogP contribution is 2.28. The zero-order chi connectivity index (χ0) is 16.9. The normalized spacial score (nSPS) is 10.4. The molecular weight excluding hydrogens is 298 g/mol. The minimum atomic E-state index is -0.461. The molecule has 3 heteroatoms. The summed E-state index contributed by atoms with van der Waals surface area (Å²) in [6, 6.07) is 23.3. The summed E-state index contributed by atoms with van der Waals surface area (Å²) < 4.78 is 5.79. The van der Waals surface area contributed by atoms with Crippen molar-refractivity contribution in [1.29, 1.82) is 0 Å². The Kier molecular flexibility index (Phi) is 4.62. The Morgan fingerprint density at radius 1 is 0.958 bits per heavy atom. The quantitative estimate of drug-likeness (QED) is 0.761. The summed E-state index contributed by atoms with van der Waals surface area (Å²) in [5.74, 6) is 0.167. The molecule has 24 heavy (non-hydrogen) atoms. The number of primary amides is 1. The van der Waals surface area contributed by atoms with Gasteiger partial charge < -0.3 is 10.5 Å². The van der Waals surface area contributed by atoms with Crippen molar-refractivity contribution < 1.29 is 9.53 Å². The van der Waals surface area contributed by atoms with Crippen molar-refractivity contribution in [3.8, 4) is 16.9 Å².